The third-order valence-electron chi connectivity index (χ3n) is 2.70. The Kier molecular flexibility index (Phi) is 4.99. The number of furan rings is 1. The second-order valence-corrected chi connectivity index (χ2v) is 4.12. The molecular weight excluding hydrogens is 254 g/mol. The normalized spacial score (nSPS) is 9.65. The van der Waals surface area contributed by atoms with Crippen molar-refractivity contribution in [3.63, 3.8) is 0 Å². The predicted octanol–water partition coefficient (Wildman–Crippen LogP) is 1.60. The predicted molar refractivity (Wildman–Crippen MR) is 75.2 cm³/mol. The first kappa shape index (κ1) is 13.9. The van der Waals surface area contributed by atoms with Gasteiger partial charge in [0.15, 0.2) is 0 Å². The maximum atomic E-state index is 11.9. The molecule has 0 saturated carbocycles. The second-order valence-electron chi connectivity index (χ2n) is 4.12. The van der Waals surface area contributed by atoms with Crippen LogP contribution in [0.1, 0.15) is 21.7 Å². The molecule has 2 N–H and O–H groups in total. The first-order chi connectivity index (χ1) is 9.79. The molecule has 102 valence electrons. The van der Waals surface area contributed by atoms with Crippen LogP contribution in [-0.2, 0) is 6.42 Å². The van der Waals surface area contributed by atoms with Gasteiger partial charge in [0.2, 0.25) is 0 Å². The molecule has 0 aliphatic carbocycles. The van der Waals surface area contributed by atoms with E-state index >= 15 is 0 Å². The number of amides is 1. The van der Waals surface area contributed by atoms with Crippen LogP contribution in [0.3, 0.4) is 0 Å². The molecule has 0 aliphatic heterocycles. The molecule has 0 spiro atoms. The van der Waals surface area contributed by atoms with Crippen LogP contribution in [0.25, 0.3) is 0 Å². The maximum absolute atomic E-state index is 11.9. The van der Waals surface area contributed by atoms with Crippen molar-refractivity contribution in [2.45, 2.75) is 6.42 Å². The Hall–Kier alpha value is -2.51. The van der Waals surface area contributed by atoms with Crippen molar-refractivity contribution in [1.82, 2.24) is 5.32 Å². The van der Waals surface area contributed by atoms with E-state index in [0.717, 1.165) is 11.3 Å². The van der Waals surface area contributed by atoms with E-state index in [0.29, 0.717) is 18.5 Å². The van der Waals surface area contributed by atoms with Gasteiger partial charge in [0.25, 0.3) is 5.91 Å². The molecule has 0 saturated heterocycles. The van der Waals surface area contributed by atoms with Gasteiger partial charge in [0.05, 0.1) is 6.26 Å². The van der Waals surface area contributed by atoms with Gasteiger partial charge in [-0.2, -0.15) is 0 Å². The van der Waals surface area contributed by atoms with Gasteiger partial charge in [-0.1, -0.05) is 11.8 Å². The molecule has 0 fully saturated rings. The average molecular weight is 269 g/mol. The highest BCUT2D eigenvalue weighted by Crippen LogP contribution is 2.04. The van der Waals surface area contributed by atoms with Gasteiger partial charge in [-0.25, -0.2) is 0 Å². The molecular formula is C16H15NO3. The number of hydrogen-bond acceptors (Lipinski definition) is 3. The minimum atomic E-state index is -0.172. The summed E-state index contributed by atoms with van der Waals surface area (Å²) >= 11 is 0. The lowest BCUT2D eigenvalue weighted by Crippen LogP contribution is -2.25. The summed E-state index contributed by atoms with van der Waals surface area (Å²) in [4.78, 5) is 11.9. The van der Waals surface area contributed by atoms with Crippen molar-refractivity contribution in [2.75, 3.05) is 13.2 Å². The molecule has 0 atom stereocenters. The number of carbonyl (C=O) groups is 1. The molecule has 2 rings (SSSR count). The minimum absolute atomic E-state index is 0.127. The summed E-state index contributed by atoms with van der Waals surface area (Å²) in [5.74, 6) is 6.06. The van der Waals surface area contributed by atoms with Gasteiger partial charge >= 0.3 is 0 Å². The Labute approximate surface area is 117 Å². The van der Waals surface area contributed by atoms with Gasteiger partial charge in [0.1, 0.15) is 12.4 Å². The number of carbonyl (C=O) groups excluding carboxylic acids is 1. The van der Waals surface area contributed by atoms with Crippen LogP contribution >= 0.6 is 0 Å². The number of benzene rings is 1. The first-order valence-electron chi connectivity index (χ1n) is 6.30. The SMILES string of the molecule is O=C(NCCc1ccco1)c1ccc(C#CCO)cc1. The zero-order chi connectivity index (χ0) is 14.2. The summed E-state index contributed by atoms with van der Waals surface area (Å²) in [5, 5.41) is 11.4. The molecule has 1 amide bonds. The third-order valence-corrected chi connectivity index (χ3v) is 2.70. The van der Waals surface area contributed by atoms with Crippen LogP contribution in [0.15, 0.2) is 47.1 Å². The van der Waals surface area contributed by atoms with Gasteiger partial charge in [-0.05, 0) is 36.4 Å². The molecule has 4 nitrogen and oxygen atoms in total. The van der Waals surface area contributed by atoms with Crippen molar-refractivity contribution in [1.29, 1.82) is 0 Å². The minimum Gasteiger partial charge on any atom is -0.469 e. The van der Waals surface area contributed by atoms with Crippen LogP contribution in [0.5, 0.6) is 0 Å². The number of hydrogen-bond donors (Lipinski definition) is 2. The monoisotopic (exact) mass is 269 g/mol. The van der Waals surface area contributed by atoms with Crippen LogP contribution < -0.4 is 5.32 Å². The van der Waals surface area contributed by atoms with E-state index in [9.17, 15) is 4.79 Å². The van der Waals surface area contributed by atoms with Gasteiger partial charge in [0, 0.05) is 24.1 Å². The quantitative estimate of drug-likeness (QED) is 0.829. The van der Waals surface area contributed by atoms with E-state index < -0.39 is 0 Å². The van der Waals surface area contributed by atoms with Crippen LogP contribution in [0.2, 0.25) is 0 Å². The molecule has 1 aromatic carbocycles. The molecule has 4 heteroatoms. The summed E-state index contributed by atoms with van der Waals surface area (Å²) in [7, 11) is 0. The molecule has 0 bridgehead atoms. The van der Waals surface area contributed by atoms with Crippen LogP contribution in [-0.4, -0.2) is 24.2 Å². The lowest BCUT2D eigenvalue weighted by atomic mass is 10.1. The highest BCUT2D eigenvalue weighted by atomic mass is 16.3. The number of aliphatic hydroxyl groups excluding tert-OH is 1. The zero-order valence-corrected chi connectivity index (χ0v) is 10.9. The van der Waals surface area contributed by atoms with Gasteiger partial charge in [-0.15, -0.1) is 0 Å². The summed E-state index contributed by atoms with van der Waals surface area (Å²) in [6.45, 7) is 0.355. The van der Waals surface area contributed by atoms with Crippen molar-refractivity contribution in [3.05, 3.63) is 59.5 Å². The summed E-state index contributed by atoms with van der Waals surface area (Å²) in [6.07, 6.45) is 2.28. The molecule has 1 aromatic heterocycles. The Balaban J connectivity index is 1.85. The fourth-order valence-corrected chi connectivity index (χ4v) is 1.70. The summed E-state index contributed by atoms with van der Waals surface area (Å²) in [5.41, 5.74) is 1.35. The Morgan fingerprint density at radius 1 is 1.25 bits per heavy atom. The van der Waals surface area contributed by atoms with Crippen molar-refractivity contribution >= 4 is 5.91 Å². The molecule has 0 aliphatic rings. The fourth-order valence-electron chi connectivity index (χ4n) is 1.70. The van der Waals surface area contributed by atoms with E-state index in [1.54, 1.807) is 30.5 Å². The Bertz CT molecular complexity index is 603. The highest BCUT2D eigenvalue weighted by Gasteiger charge is 2.04. The number of aliphatic hydroxyl groups is 1. The summed E-state index contributed by atoms with van der Waals surface area (Å²) < 4.78 is 5.19. The van der Waals surface area contributed by atoms with Crippen molar-refractivity contribution in [3.8, 4) is 11.8 Å². The smallest absolute Gasteiger partial charge is 0.251 e. The molecule has 0 unspecified atom stereocenters. The van der Waals surface area contributed by atoms with Crippen LogP contribution in [0, 0.1) is 11.8 Å². The molecule has 1 heterocycles. The van der Waals surface area contributed by atoms with E-state index in [4.69, 9.17) is 9.52 Å². The fraction of sp³-hybridized carbons (Fsp3) is 0.188. The van der Waals surface area contributed by atoms with E-state index in [1.165, 1.54) is 0 Å². The van der Waals surface area contributed by atoms with Crippen molar-refractivity contribution < 1.29 is 14.3 Å². The molecule has 0 radical (unpaired) electrons. The third kappa shape index (κ3) is 4.01. The van der Waals surface area contributed by atoms with Crippen molar-refractivity contribution in [2.24, 2.45) is 0 Å². The Morgan fingerprint density at radius 2 is 2.05 bits per heavy atom. The Morgan fingerprint density at radius 3 is 2.70 bits per heavy atom. The van der Waals surface area contributed by atoms with Gasteiger partial charge < -0.3 is 14.8 Å². The topological polar surface area (TPSA) is 62.5 Å². The lowest BCUT2D eigenvalue weighted by Gasteiger charge is -2.04. The standard InChI is InChI=1S/C16H15NO3/c18-11-1-3-13-5-7-14(8-6-13)16(19)17-10-9-15-4-2-12-20-15/h2,4-8,12,18H,9-11H2,(H,17,19). The van der Waals surface area contributed by atoms with E-state index in [2.05, 4.69) is 17.2 Å². The summed E-state index contributed by atoms with van der Waals surface area (Å²) in [6, 6.07) is 10.6. The second kappa shape index (κ2) is 7.17. The van der Waals surface area contributed by atoms with Gasteiger partial charge in [-0.3, -0.25) is 4.79 Å². The zero-order valence-electron chi connectivity index (χ0n) is 10.9. The van der Waals surface area contributed by atoms with E-state index in [-0.39, 0.29) is 12.5 Å². The lowest BCUT2D eigenvalue weighted by molar-refractivity contribution is 0.0953. The maximum Gasteiger partial charge on any atom is 0.251 e. The first-order valence-corrected chi connectivity index (χ1v) is 6.30. The molecule has 20 heavy (non-hydrogen) atoms. The van der Waals surface area contributed by atoms with E-state index in [1.807, 2.05) is 12.1 Å². The molecule has 2 aromatic rings. The average Bonchev–Trinajstić information content (AvgIpc) is 2.99. The highest BCUT2D eigenvalue weighted by molar-refractivity contribution is 5.94. The largest absolute Gasteiger partial charge is 0.469 e. The van der Waals surface area contributed by atoms with Crippen LogP contribution in [0.4, 0.5) is 0 Å². The number of nitrogens with one attached hydrogen (secondary N) is 1. The number of rotatable bonds is 4.